The monoisotopic (exact) mass is 390 g/mol. The first-order valence-electron chi connectivity index (χ1n) is 12.2. The van der Waals surface area contributed by atoms with Crippen LogP contribution in [-0.2, 0) is 0 Å². The van der Waals surface area contributed by atoms with E-state index in [2.05, 4.69) is 50.5 Å². The molecule has 0 spiro atoms. The van der Waals surface area contributed by atoms with E-state index in [9.17, 15) is 0 Å². The molecular weight excluding hydrogens is 352 g/mol. The third-order valence-corrected chi connectivity index (χ3v) is 7.75. The molecule has 0 amide bonds. The van der Waals surface area contributed by atoms with Crippen LogP contribution in [0.2, 0.25) is 0 Å². The average Bonchev–Trinajstić information content (AvgIpc) is 2.80. The molecule has 0 saturated heterocycles. The predicted molar refractivity (Wildman–Crippen MR) is 122 cm³/mol. The summed E-state index contributed by atoms with van der Waals surface area (Å²) in [6.07, 6.45) is 19.1. The summed E-state index contributed by atoms with van der Waals surface area (Å²) in [5.41, 5.74) is 3.99. The lowest BCUT2D eigenvalue weighted by Crippen LogP contribution is -2.13. The van der Waals surface area contributed by atoms with Gasteiger partial charge in [-0.05, 0) is 86.2 Å². The molecular formula is C27H38N2. The van der Waals surface area contributed by atoms with Gasteiger partial charge >= 0.3 is 0 Å². The summed E-state index contributed by atoms with van der Waals surface area (Å²) >= 11 is 0. The minimum atomic E-state index is 0.664. The molecule has 156 valence electrons. The summed E-state index contributed by atoms with van der Waals surface area (Å²) in [5, 5.41) is 0. The van der Waals surface area contributed by atoms with Crippen molar-refractivity contribution in [2.24, 2.45) is 11.8 Å². The zero-order chi connectivity index (χ0) is 20.1. The van der Waals surface area contributed by atoms with Gasteiger partial charge in [0.15, 0.2) is 5.82 Å². The Morgan fingerprint density at radius 1 is 0.690 bits per heavy atom. The molecule has 4 rings (SSSR count). The predicted octanol–water partition coefficient (Wildman–Crippen LogP) is 7.90. The quantitative estimate of drug-likeness (QED) is 0.501. The summed E-state index contributed by atoms with van der Waals surface area (Å²) in [7, 11) is 0. The standard InChI is InChI=1S/C27H38N2/c1-3-5-21-8-12-22(13-9-21)23-14-16-25(17-15-23)27-28-18-26(19-29-27)24-10-6-20(4-2)7-11-24/h14-22,24H,3-13H2,1-2H3. The maximum absolute atomic E-state index is 4.72. The Morgan fingerprint density at radius 3 is 1.79 bits per heavy atom. The third-order valence-electron chi connectivity index (χ3n) is 7.75. The molecule has 0 N–H and O–H groups in total. The Morgan fingerprint density at radius 2 is 1.24 bits per heavy atom. The Labute approximate surface area is 177 Å². The molecule has 2 aromatic rings. The van der Waals surface area contributed by atoms with Gasteiger partial charge in [-0.1, -0.05) is 57.4 Å². The molecule has 0 bridgehead atoms. The Kier molecular flexibility index (Phi) is 7.00. The van der Waals surface area contributed by atoms with Gasteiger partial charge < -0.3 is 0 Å². The van der Waals surface area contributed by atoms with Crippen LogP contribution in [0.4, 0.5) is 0 Å². The number of hydrogen-bond donors (Lipinski definition) is 0. The molecule has 2 aliphatic rings. The van der Waals surface area contributed by atoms with Crippen molar-refractivity contribution < 1.29 is 0 Å². The molecule has 1 aromatic heterocycles. The zero-order valence-corrected chi connectivity index (χ0v) is 18.4. The van der Waals surface area contributed by atoms with E-state index in [1.165, 1.54) is 81.8 Å². The van der Waals surface area contributed by atoms with Gasteiger partial charge in [0.2, 0.25) is 0 Å². The lowest BCUT2D eigenvalue weighted by Gasteiger charge is -2.28. The van der Waals surface area contributed by atoms with Crippen LogP contribution >= 0.6 is 0 Å². The van der Waals surface area contributed by atoms with Gasteiger partial charge in [-0.25, -0.2) is 9.97 Å². The first-order chi connectivity index (χ1) is 14.3. The van der Waals surface area contributed by atoms with E-state index in [4.69, 9.17) is 9.97 Å². The van der Waals surface area contributed by atoms with Crippen LogP contribution in [0.3, 0.4) is 0 Å². The number of aromatic nitrogens is 2. The van der Waals surface area contributed by atoms with Crippen molar-refractivity contribution in [1.29, 1.82) is 0 Å². The van der Waals surface area contributed by atoms with Crippen molar-refractivity contribution in [3.05, 3.63) is 47.8 Å². The second-order valence-corrected chi connectivity index (χ2v) is 9.59. The van der Waals surface area contributed by atoms with E-state index in [1.807, 2.05) is 0 Å². The molecule has 2 heteroatoms. The van der Waals surface area contributed by atoms with E-state index < -0.39 is 0 Å². The average molecular weight is 391 g/mol. The lowest BCUT2D eigenvalue weighted by molar-refractivity contribution is 0.308. The minimum absolute atomic E-state index is 0.664. The normalized spacial score (nSPS) is 27.7. The highest BCUT2D eigenvalue weighted by atomic mass is 14.9. The summed E-state index contributed by atoms with van der Waals surface area (Å²) in [5.74, 6) is 4.19. The lowest BCUT2D eigenvalue weighted by atomic mass is 9.77. The van der Waals surface area contributed by atoms with Crippen LogP contribution in [0.15, 0.2) is 36.7 Å². The molecule has 0 radical (unpaired) electrons. The second-order valence-electron chi connectivity index (χ2n) is 9.59. The van der Waals surface area contributed by atoms with E-state index in [1.54, 1.807) is 0 Å². The fraction of sp³-hybridized carbons (Fsp3) is 0.630. The zero-order valence-electron chi connectivity index (χ0n) is 18.4. The smallest absolute Gasteiger partial charge is 0.159 e. The molecule has 1 heterocycles. The van der Waals surface area contributed by atoms with Gasteiger partial charge in [-0.2, -0.15) is 0 Å². The van der Waals surface area contributed by atoms with Crippen molar-refractivity contribution in [2.45, 2.75) is 96.3 Å². The summed E-state index contributed by atoms with van der Waals surface area (Å²) in [6.45, 7) is 4.64. The fourth-order valence-corrected chi connectivity index (χ4v) is 5.70. The molecule has 2 saturated carbocycles. The first kappa shape index (κ1) is 20.6. The van der Waals surface area contributed by atoms with Crippen LogP contribution in [-0.4, -0.2) is 9.97 Å². The Balaban J connectivity index is 1.36. The summed E-state index contributed by atoms with van der Waals surface area (Å²) < 4.78 is 0. The Bertz CT molecular complexity index is 733. The summed E-state index contributed by atoms with van der Waals surface area (Å²) in [6, 6.07) is 9.11. The minimum Gasteiger partial charge on any atom is -0.236 e. The van der Waals surface area contributed by atoms with E-state index in [0.717, 1.165) is 29.1 Å². The fourth-order valence-electron chi connectivity index (χ4n) is 5.70. The molecule has 0 unspecified atom stereocenters. The molecule has 0 aliphatic heterocycles. The molecule has 0 atom stereocenters. The highest BCUT2D eigenvalue weighted by Crippen LogP contribution is 2.38. The number of benzene rings is 1. The van der Waals surface area contributed by atoms with Crippen molar-refractivity contribution in [2.75, 3.05) is 0 Å². The highest BCUT2D eigenvalue weighted by Gasteiger charge is 2.23. The van der Waals surface area contributed by atoms with Crippen molar-refractivity contribution in [1.82, 2.24) is 9.97 Å². The van der Waals surface area contributed by atoms with Crippen LogP contribution < -0.4 is 0 Å². The molecule has 2 aliphatic carbocycles. The van der Waals surface area contributed by atoms with Gasteiger partial charge in [0.1, 0.15) is 0 Å². The first-order valence-corrected chi connectivity index (χ1v) is 12.2. The van der Waals surface area contributed by atoms with Crippen LogP contribution in [0.25, 0.3) is 11.4 Å². The van der Waals surface area contributed by atoms with Gasteiger partial charge in [0.05, 0.1) is 0 Å². The second kappa shape index (κ2) is 9.87. The van der Waals surface area contributed by atoms with E-state index in [0.29, 0.717) is 5.92 Å². The van der Waals surface area contributed by atoms with Crippen LogP contribution in [0.5, 0.6) is 0 Å². The van der Waals surface area contributed by atoms with Gasteiger partial charge in [0, 0.05) is 18.0 Å². The number of nitrogens with zero attached hydrogens (tertiary/aromatic N) is 2. The Hall–Kier alpha value is -1.70. The van der Waals surface area contributed by atoms with Crippen molar-refractivity contribution in [3.63, 3.8) is 0 Å². The van der Waals surface area contributed by atoms with Gasteiger partial charge in [0.25, 0.3) is 0 Å². The maximum atomic E-state index is 4.72. The van der Waals surface area contributed by atoms with Crippen molar-refractivity contribution >= 4 is 0 Å². The van der Waals surface area contributed by atoms with Crippen LogP contribution in [0, 0.1) is 11.8 Å². The maximum Gasteiger partial charge on any atom is 0.159 e. The van der Waals surface area contributed by atoms with E-state index >= 15 is 0 Å². The van der Waals surface area contributed by atoms with Gasteiger partial charge in [-0.3, -0.25) is 0 Å². The SMILES string of the molecule is CCCC1CCC(c2ccc(-c3ncc(C4CCC(CC)CC4)cn3)cc2)CC1. The van der Waals surface area contributed by atoms with E-state index in [-0.39, 0.29) is 0 Å². The van der Waals surface area contributed by atoms with Crippen LogP contribution in [0.1, 0.15) is 107 Å². The largest absolute Gasteiger partial charge is 0.236 e. The number of hydrogen-bond acceptors (Lipinski definition) is 2. The van der Waals surface area contributed by atoms with Crippen molar-refractivity contribution in [3.8, 4) is 11.4 Å². The molecule has 2 nitrogen and oxygen atoms in total. The highest BCUT2D eigenvalue weighted by molar-refractivity contribution is 5.55. The topological polar surface area (TPSA) is 25.8 Å². The summed E-state index contributed by atoms with van der Waals surface area (Å²) in [4.78, 5) is 9.45. The molecule has 2 fully saturated rings. The molecule has 29 heavy (non-hydrogen) atoms. The van der Waals surface area contributed by atoms with Gasteiger partial charge in [-0.15, -0.1) is 0 Å². The number of rotatable bonds is 6. The third kappa shape index (κ3) is 5.08. The molecule has 1 aromatic carbocycles.